The van der Waals surface area contributed by atoms with Crippen molar-refractivity contribution < 1.29 is 23.9 Å². The Morgan fingerprint density at radius 2 is 1.51 bits per heavy atom. The summed E-state index contributed by atoms with van der Waals surface area (Å²) >= 11 is 0. The van der Waals surface area contributed by atoms with Gasteiger partial charge in [-0.3, -0.25) is 29.1 Å². The highest BCUT2D eigenvalue weighted by Crippen LogP contribution is 2.47. The van der Waals surface area contributed by atoms with Crippen molar-refractivity contribution in [2.24, 2.45) is 11.8 Å². The zero-order valence-electron chi connectivity index (χ0n) is 28.5. The Bertz CT molecular complexity index is 1930. The minimum atomic E-state index is -1.25. The normalized spacial score (nSPS) is 22.5. The molecule has 260 valence electrons. The smallest absolute Gasteiger partial charge is 0.262 e. The van der Waals surface area contributed by atoms with Gasteiger partial charge in [0.05, 0.1) is 24.3 Å². The third-order valence-electron chi connectivity index (χ3n) is 11.3. The highest BCUT2D eigenvalue weighted by atomic mass is 16.5. The molecule has 4 amide bonds. The third-order valence-corrected chi connectivity index (χ3v) is 11.3. The predicted molar refractivity (Wildman–Crippen MR) is 192 cm³/mol. The number of imide groups is 1. The molecule has 51 heavy (non-hydrogen) atoms. The summed E-state index contributed by atoms with van der Waals surface area (Å²) in [6.45, 7) is 2.60. The summed E-state index contributed by atoms with van der Waals surface area (Å²) in [6, 6.07) is 26.6. The zero-order chi connectivity index (χ0) is 35.0. The molecule has 1 saturated carbocycles. The number of hydrogen-bond donors (Lipinski definition) is 1. The maximum absolute atomic E-state index is 15.0. The van der Waals surface area contributed by atoms with E-state index in [-0.39, 0.29) is 29.5 Å². The lowest BCUT2D eigenvalue weighted by Crippen LogP contribution is -2.63. The summed E-state index contributed by atoms with van der Waals surface area (Å²) in [5.41, 5.74) is 4.40. The van der Waals surface area contributed by atoms with E-state index in [1.54, 1.807) is 47.6 Å². The highest BCUT2D eigenvalue weighted by Gasteiger charge is 2.53. The molecule has 3 aromatic carbocycles. The van der Waals surface area contributed by atoms with Gasteiger partial charge in [-0.1, -0.05) is 42.5 Å². The maximum atomic E-state index is 15.0. The lowest BCUT2D eigenvalue weighted by molar-refractivity contribution is -0.151. The number of aromatic nitrogens is 1. The Balaban J connectivity index is 1.14. The standard InChI is InChI=1S/C41H41N5O5/c47-37(27-45-38(48)35-9-3-4-10-36(35)39(45)49)46(26-28-6-5-17-42-25-28)41(16-15-31-22-29-7-1-2-8-30(29)23-32(31)24-41)40(50)43-33-11-13-34(14-12-33)44-18-20-51-21-19-44/h1-14,17,25,31-32H,15-16,18-24,26-27H2,(H,43,50)/t31-,32+,41-/m1/s1. The number of hydrogen-bond acceptors (Lipinski definition) is 7. The second-order valence-electron chi connectivity index (χ2n) is 14.2. The number of ether oxygens (including phenoxy) is 1. The number of carbonyl (C=O) groups excluding carboxylic acids is 4. The summed E-state index contributed by atoms with van der Waals surface area (Å²) in [5, 5.41) is 3.20. The van der Waals surface area contributed by atoms with E-state index < -0.39 is 29.8 Å². The molecule has 4 aromatic rings. The van der Waals surface area contributed by atoms with Gasteiger partial charge >= 0.3 is 0 Å². The van der Waals surface area contributed by atoms with Crippen molar-refractivity contribution in [2.45, 2.75) is 44.2 Å². The first-order valence-electron chi connectivity index (χ1n) is 17.9. The first-order valence-corrected chi connectivity index (χ1v) is 17.9. The van der Waals surface area contributed by atoms with Crippen LogP contribution in [0.25, 0.3) is 0 Å². The van der Waals surface area contributed by atoms with Crippen molar-refractivity contribution in [1.29, 1.82) is 0 Å². The monoisotopic (exact) mass is 683 g/mol. The highest BCUT2D eigenvalue weighted by molar-refractivity contribution is 6.22. The lowest BCUT2D eigenvalue weighted by Gasteiger charge is -2.51. The van der Waals surface area contributed by atoms with E-state index >= 15 is 0 Å². The Morgan fingerprint density at radius 1 is 0.843 bits per heavy atom. The number of rotatable bonds is 8. The molecule has 0 spiro atoms. The van der Waals surface area contributed by atoms with Gasteiger partial charge in [0.2, 0.25) is 11.8 Å². The van der Waals surface area contributed by atoms with E-state index in [9.17, 15) is 19.2 Å². The summed E-state index contributed by atoms with van der Waals surface area (Å²) in [4.78, 5) is 65.8. The van der Waals surface area contributed by atoms with Crippen LogP contribution in [0.5, 0.6) is 0 Å². The van der Waals surface area contributed by atoms with Crippen molar-refractivity contribution >= 4 is 35.0 Å². The number of benzene rings is 3. The van der Waals surface area contributed by atoms with E-state index in [0.29, 0.717) is 37.7 Å². The van der Waals surface area contributed by atoms with Crippen LogP contribution in [-0.4, -0.2) is 76.8 Å². The summed E-state index contributed by atoms with van der Waals surface area (Å²) in [6.07, 6.45) is 6.78. The molecule has 3 atom stereocenters. The van der Waals surface area contributed by atoms with Crippen LogP contribution in [0, 0.1) is 11.8 Å². The average molecular weight is 684 g/mol. The van der Waals surface area contributed by atoms with Crippen LogP contribution in [0.4, 0.5) is 11.4 Å². The molecule has 4 aliphatic rings. The van der Waals surface area contributed by atoms with Gasteiger partial charge in [-0.05, 0) is 103 Å². The largest absolute Gasteiger partial charge is 0.378 e. The maximum Gasteiger partial charge on any atom is 0.262 e. The van der Waals surface area contributed by atoms with Crippen LogP contribution in [0.2, 0.25) is 0 Å². The van der Waals surface area contributed by atoms with Gasteiger partial charge in [-0.15, -0.1) is 0 Å². The van der Waals surface area contributed by atoms with E-state index in [1.807, 2.05) is 30.3 Å². The fourth-order valence-corrected chi connectivity index (χ4v) is 8.54. The molecule has 0 unspecified atom stereocenters. The topological polar surface area (TPSA) is 112 Å². The predicted octanol–water partition coefficient (Wildman–Crippen LogP) is 5.14. The van der Waals surface area contributed by atoms with Gasteiger partial charge in [0.25, 0.3) is 11.8 Å². The second-order valence-corrected chi connectivity index (χ2v) is 14.2. The number of fused-ring (bicyclic) bond motifs is 3. The molecule has 2 fully saturated rings. The number of pyridine rings is 1. The minimum Gasteiger partial charge on any atom is -0.378 e. The van der Waals surface area contributed by atoms with Gasteiger partial charge in [-0.25, -0.2) is 0 Å². The molecule has 1 saturated heterocycles. The number of carbonyl (C=O) groups is 4. The molecule has 1 N–H and O–H groups in total. The SMILES string of the molecule is O=C1c2ccccc2C(=O)N1CC(=O)N(Cc1cccnc1)[C@]1(C(=O)Nc2ccc(N3CCOCC3)cc2)CC[C@@H]2Cc3ccccc3C[C@H]2C1. The summed E-state index contributed by atoms with van der Waals surface area (Å²) in [7, 11) is 0. The van der Waals surface area contributed by atoms with Crippen molar-refractivity contribution in [3.8, 4) is 0 Å². The van der Waals surface area contributed by atoms with Gasteiger partial charge < -0.3 is 19.9 Å². The van der Waals surface area contributed by atoms with Crippen molar-refractivity contribution in [3.05, 3.63) is 125 Å². The number of nitrogens with one attached hydrogen (secondary N) is 1. The second kappa shape index (κ2) is 13.8. The van der Waals surface area contributed by atoms with Gasteiger partial charge in [-0.2, -0.15) is 0 Å². The fourth-order valence-electron chi connectivity index (χ4n) is 8.54. The molecule has 1 aromatic heterocycles. The van der Waals surface area contributed by atoms with Crippen LogP contribution >= 0.6 is 0 Å². The van der Waals surface area contributed by atoms with E-state index in [2.05, 4.69) is 39.5 Å². The Morgan fingerprint density at radius 3 is 2.18 bits per heavy atom. The third kappa shape index (κ3) is 6.29. The Kier molecular flexibility index (Phi) is 8.85. The number of morpholine rings is 1. The van der Waals surface area contributed by atoms with Gasteiger partial charge in [0, 0.05) is 43.4 Å². The van der Waals surface area contributed by atoms with Crippen molar-refractivity contribution in [3.63, 3.8) is 0 Å². The molecular formula is C41H41N5O5. The fraction of sp³-hybridized carbons (Fsp3) is 0.341. The average Bonchev–Trinajstić information content (AvgIpc) is 3.41. The van der Waals surface area contributed by atoms with Crippen molar-refractivity contribution in [2.75, 3.05) is 43.1 Å². The molecule has 3 heterocycles. The number of nitrogens with zero attached hydrogens (tertiary/aromatic N) is 4. The van der Waals surface area contributed by atoms with Gasteiger partial charge in [0.1, 0.15) is 12.1 Å². The quantitative estimate of drug-likeness (QED) is 0.256. The summed E-state index contributed by atoms with van der Waals surface area (Å²) in [5.74, 6) is -1.19. The molecule has 0 radical (unpaired) electrons. The van der Waals surface area contributed by atoms with Crippen LogP contribution in [0.15, 0.2) is 97.3 Å². The number of amides is 4. The van der Waals surface area contributed by atoms with E-state index in [4.69, 9.17) is 4.74 Å². The Labute approximate surface area is 297 Å². The minimum absolute atomic E-state index is 0.104. The first kappa shape index (κ1) is 32.8. The Hall–Kier alpha value is -5.35. The van der Waals surface area contributed by atoms with Crippen LogP contribution < -0.4 is 10.2 Å². The van der Waals surface area contributed by atoms with Crippen LogP contribution in [0.1, 0.15) is 56.7 Å². The zero-order valence-corrected chi connectivity index (χ0v) is 28.5. The molecule has 2 aliphatic heterocycles. The van der Waals surface area contributed by atoms with Gasteiger partial charge in [0.15, 0.2) is 0 Å². The molecule has 2 aliphatic carbocycles. The molecular weight excluding hydrogens is 642 g/mol. The lowest BCUT2D eigenvalue weighted by atomic mass is 9.62. The molecule has 8 rings (SSSR count). The van der Waals surface area contributed by atoms with Crippen molar-refractivity contribution in [1.82, 2.24) is 14.8 Å². The first-order chi connectivity index (χ1) is 24.9. The van der Waals surface area contributed by atoms with Crippen LogP contribution in [-0.2, 0) is 33.7 Å². The molecule has 10 nitrogen and oxygen atoms in total. The van der Waals surface area contributed by atoms with Crippen LogP contribution in [0.3, 0.4) is 0 Å². The van der Waals surface area contributed by atoms with E-state index in [1.165, 1.54) is 11.1 Å². The summed E-state index contributed by atoms with van der Waals surface area (Å²) < 4.78 is 5.51. The van der Waals surface area contributed by atoms with E-state index in [0.717, 1.165) is 48.5 Å². The molecule has 0 bridgehead atoms. The molecule has 10 heteroatoms. The number of anilines is 2.